The number of piperazine rings is 1. The van der Waals surface area contributed by atoms with Gasteiger partial charge in [0.15, 0.2) is 0 Å². The van der Waals surface area contributed by atoms with Crippen LogP contribution in [-0.2, 0) is 4.79 Å². The van der Waals surface area contributed by atoms with Gasteiger partial charge in [-0.3, -0.25) is 19.5 Å². The number of nitrogens with two attached hydrogens (primary N) is 1. The highest BCUT2D eigenvalue weighted by molar-refractivity contribution is 5.92. The number of carbonyl (C=O) groups excluding carboxylic acids is 1. The van der Waals surface area contributed by atoms with Crippen LogP contribution >= 0.6 is 0 Å². The molecule has 1 saturated heterocycles. The Bertz CT molecular complexity index is 811. The molecule has 0 aliphatic carbocycles. The average Bonchev–Trinajstić information content (AvgIpc) is 2.54. The van der Waals surface area contributed by atoms with Gasteiger partial charge in [-0.25, -0.2) is 0 Å². The predicted molar refractivity (Wildman–Crippen MR) is 97.7 cm³/mol. The molecule has 1 aromatic carbocycles. The van der Waals surface area contributed by atoms with Crippen molar-refractivity contribution in [2.24, 2.45) is 0 Å². The normalized spacial score (nSPS) is 15.2. The predicted octanol–water partition coefficient (Wildman–Crippen LogP) is 0.421. The number of rotatable bonds is 4. The van der Waals surface area contributed by atoms with Crippen molar-refractivity contribution in [3.63, 3.8) is 0 Å². The molecule has 4 N–H and O–H groups in total. The number of anilines is 3. The van der Waals surface area contributed by atoms with Crippen molar-refractivity contribution in [2.45, 2.75) is 6.92 Å². The summed E-state index contributed by atoms with van der Waals surface area (Å²) in [6.07, 6.45) is 0. The van der Waals surface area contributed by atoms with Gasteiger partial charge in [0.25, 0.3) is 5.56 Å². The SMILES string of the molecule is Cc1cccc(NC(=O)CN2CCN(c3cc(=O)[nH]c(N)n3)CC2)c1. The van der Waals surface area contributed by atoms with Crippen LogP contribution in [0.2, 0.25) is 0 Å². The number of hydrogen-bond donors (Lipinski definition) is 3. The van der Waals surface area contributed by atoms with Crippen molar-refractivity contribution >= 4 is 23.4 Å². The molecule has 0 atom stereocenters. The van der Waals surface area contributed by atoms with Crippen molar-refractivity contribution in [2.75, 3.05) is 48.7 Å². The van der Waals surface area contributed by atoms with Crippen molar-refractivity contribution in [3.05, 3.63) is 46.2 Å². The number of hydrogen-bond acceptors (Lipinski definition) is 6. The minimum Gasteiger partial charge on any atom is -0.369 e. The Labute approximate surface area is 145 Å². The van der Waals surface area contributed by atoms with Crippen molar-refractivity contribution in [3.8, 4) is 0 Å². The van der Waals surface area contributed by atoms with Crippen LogP contribution in [0, 0.1) is 6.92 Å². The largest absolute Gasteiger partial charge is 0.369 e. The molecule has 8 heteroatoms. The van der Waals surface area contributed by atoms with Crippen molar-refractivity contribution in [1.29, 1.82) is 0 Å². The summed E-state index contributed by atoms with van der Waals surface area (Å²) in [6.45, 7) is 5.14. The molecule has 1 aliphatic heterocycles. The first-order valence-corrected chi connectivity index (χ1v) is 8.20. The molecule has 1 aromatic heterocycles. The van der Waals surface area contributed by atoms with E-state index in [1.807, 2.05) is 36.1 Å². The number of nitrogen functional groups attached to an aromatic ring is 1. The third-order valence-electron chi connectivity index (χ3n) is 4.11. The molecule has 3 rings (SSSR count). The minimum absolute atomic E-state index is 0.0300. The van der Waals surface area contributed by atoms with E-state index in [4.69, 9.17) is 5.73 Å². The Kier molecular flexibility index (Phi) is 4.99. The summed E-state index contributed by atoms with van der Waals surface area (Å²) in [4.78, 5) is 34.4. The molecule has 2 heterocycles. The number of nitrogens with zero attached hydrogens (tertiary/aromatic N) is 3. The van der Waals surface area contributed by atoms with Crippen LogP contribution in [-0.4, -0.2) is 53.5 Å². The van der Waals surface area contributed by atoms with E-state index < -0.39 is 0 Å². The molecule has 8 nitrogen and oxygen atoms in total. The fourth-order valence-electron chi connectivity index (χ4n) is 2.89. The summed E-state index contributed by atoms with van der Waals surface area (Å²) in [7, 11) is 0. The topological polar surface area (TPSA) is 107 Å². The molecular weight excluding hydrogens is 320 g/mol. The third kappa shape index (κ3) is 4.57. The van der Waals surface area contributed by atoms with Crippen LogP contribution in [0.25, 0.3) is 0 Å². The van der Waals surface area contributed by atoms with E-state index in [1.54, 1.807) is 0 Å². The maximum Gasteiger partial charge on any atom is 0.254 e. The third-order valence-corrected chi connectivity index (χ3v) is 4.11. The highest BCUT2D eigenvalue weighted by Gasteiger charge is 2.20. The lowest BCUT2D eigenvalue weighted by atomic mass is 10.2. The Hall–Kier alpha value is -2.87. The number of aromatic nitrogens is 2. The van der Waals surface area contributed by atoms with Gasteiger partial charge >= 0.3 is 0 Å². The molecule has 1 fully saturated rings. The average molecular weight is 342 g/mol. The fourth-order valence-corrected chi connectivity index (χ4v) is 2.89. The molecule has 0 radical (unpaired) electrons. The van der Waals surface area contributed by atoms with Crippen molar-refractivity contribution < 1.29 is 4.79 Å². The molecule has 132 valence electrons. The zero-order valence-corrected chi connectivity index (χ0v) is 14.2. The van der Waals surface area contributed by atoms with E-state index in [0.29, 0.717) is 25.5 Å². The first-order chi connectivity index (χ1) is 12.0. The molecular formula is C17H22N6O2. The Morgan fingerprint density at radius 2 is 2.04 bits per heavy atom. The number of amides is 1. The highest BCUT2D eigenvalue weighted by atomic mass is 16.2. The molecule has 0 unspecified atom stereocenters. The van der Waals surface area contributed by atoms with Gasteiger partial charge in [-0.05, 0) is 24.6 Å². The number of H-pyrrole nitrogens is 1. The maximum atomic E-state index is 12.2. The van der Waals surface area contributed by atoms with Crippen LogP contribution in [0.3, 0.4) is 0 Å². The lowest BCUT2D eigenvalue weighted by Crippen LogP contribution is -2.49. The summed E-state index contributed by atoms with van der Waals surface area (Å²) in [5.74, 6) is 0.658. The smallest absolute Gasteiger partial charge is 0.254 e. The second-order valence-electron chi connectivity index (χ2n) is 6.17. The lowest BCUT2D eigenvalue weighted by Gasteiger charge is -2.34. The van der Waals surface area contributed by atoms with Gasteiger partial charge in [0, 0.05) is 37.9 Å². The van der Waals surface area contributed by atoms with E-state index >= 15 is 0 Å². The van der Waals surface area contributed by atoms with Gasteiger partial charge in [-0.2, -0.15) is 4.98 Å². The first kappa shape index (κ1) is 17.0. The zero-order chi connectivity index (χ0) is 17.8. The maximum absolute atomic E-state index is 12.2. The van der Waals surface area contributed by atoms with E-state index in [9.17, 15) is 9.59 Å². The number of carbonyl (C=O) groups is 1. The molecule has 0 saturated carbocycles. The summed E-state index contributed by atoms with van der Waals surface area (Å²) >= 11 is 0. The quantitative estimate of drug-likeness (QED) is 0.743. The Morgan fingerprint density at radius 1 is 1.28 bits per heavy atom. The second kappa shape index (κ2) is 7.35. The first-order valence-electron chi connectivity index (χ1n) is 8.20. The Morgan fingerprint density at radius 3 is 2.72 bits per heavy atom. The summed E-state index contributed by atoms with van der Waals surface area (Å²) < 4.78 is 0. The van der Waals surface area contributed by atoms with E-state index in [1.165, 1.54) is 6.07 Å². The molecule has 1 aliphatic rings. The summed E-state index contributed by atoms with van der Waals surface area (Å²) in [6, 6.07) is 9.18. The standard InChI is InChI=1S/C17H22N6O2/c1-12-3-2-4-13(9-12)19-16(25)11-22-5-7-23(8-6-22)14-10-15(24)21-17(18)20-14/h2-4,9-10H,5-8,11H2,1H3,(H,19,25)(H3,18,20,21,24). The van der Waals surface area contributed by atoms with Crippen LogP contribution in [0.1, 0.15) is 5.56 Å². The molecule has 1 amide bonds. The van der Waals surface area contributed by atoms with Crippen LogP contribution < -0.4 is 21.5 Å². The highest BCUT2D eigenvalue weighted by Crippen LogP contribution is 2.13. The van der Waals surface area contributed by atoms with Crippen molar-refractivity contribution in [1.82, 2.24) is 14.9 Å². The number of nitrogens with one attached hydrogen (secondary N) is 2. The lowest BCUT2D eigenvalue weighted by molar-refractivity contribution is -0.117. The Balaban J connectivity index is 1.52. The number of benzene rings is 1. The van der Waals surface area contributed by atoms with E-state index in [-0.39, 0.29) is 17.4 Å². The minimum atomic E-state index is -0.262. The van der Waals surface area contributed by atoms with Gasteiger partial charge < -0.3 is 16.0 Å². The van der Waals surface area contributed by atoms with Crippen LogP contribution in [0.4, 0.5) is 17.5 Å². The van der Waals surface area contributed by atoms with Crippen LogP contribution in [0.15, 0.2) is 35.1 Å². The molecule has 2 aromatic rings. The number of aryl methyl sites for hydroxylation is 1. The summed E-state index contributed by atoms with van der Waals surface area (Å²) in [5, 5.41) is 2.92. The second-order valence-corrected chi connectivity index (χ2v) is 6.17. The van der Waals surface area contributed by atoms with Gasteiger partial charge in [0.05, 0.1) is 6.54 Å². The molecule has 0 spiro atoms. The van der Waals surface area contributed by atoms with Gasteiger partial charge in [-0.1, -0.05) is 12.1 Å². The molecule has 25 heavy (non-hydrogen) atoms. The molecule has 0 bridgehead atoms. The monoisotopic (exact) mass is 342 g/mol. The fraction of sp³-hybridized carbons (Fsp3) is 0.353. The van der Waals surface area contributed by atoms with Gasteiger partial charge in [-0.15, -0.1) is 0 Å². The zero-order valence-electron chi connectivity index (χ0n) is 14.2. The number of aromatic amines is 1. The van der Waals surface area contributed by atoms with E-state index in [0.717, 1.165) is 24.3 Å². The van der Waals surface area contributed by atoms with Crippen LogP contribution in [0.5, 0.6) is 0 Å². The van der Waals surface area contributed by atoms with Gasteiger partial charge in [0.2, 0.25) is 11.9 Å². The summed E-state index contributed by atoms with van der Waals surface area (Å²) in [5.41, 5.74) is 7.24. The van der Waals surface area contributed by atoms with Gasteiger partial charge in [0.1, 0.15) is 5.82 Å². The van der Waals surface area contributed by atoms with E-state index in [2.05, 4.69) is 20.2 Å².